The molecule has 0 unspecified atom stereocenters. The monoisotopic (exact) mass is 274 g/mol. The third-order valence-corrected chi connectivity index (χ3v) is 3.40. The zero-order chi connectivity index (χ0) is 14.5. The summed E-state index contributed by atoms with van der Waals surface area (Å²) in [7, 11) is 1.70. The zero-order valence-electron chi connectivity index (χ0n) is 12.6. The van der Waals surface area contributed by atoms with Gasteiger partial charge >= 0.3 is 0 Å². The molecule has 0 atom stereocenters. The molecule has 2 aromatic heterocycles. The van der Waals surface area contributed by atoms with Crippen LogP contribution in [-0.2, 0) is 13.1 Å². The second kappa shape index (κ2) is 6.52. The number of pyridine rings is 1. The SMILES string of the molecule is CCNCc1nccn1Cc1ncc(C)c(OC)c1C. The molecule has 0 spiro atoms. The summed E-state index contributed by atoms with van der Waals surface area (Å²) >= 11 is 0. The van der Waals surface area contributed by atoms with Crippen LogP contribution in [0, 0.1) is 13.8 Å². The van der Waals surface area contributed by atoms with Crippen molar-refractivity contribution in [1.29, 1.82) is 0 Å². The molecule has 0 radical (unpaired) electrons. The number of ether oxygens (including phenoxy) is 1. The normalized spacial score (nSPS) is 10.8. The van der Waals surface area contributed by atoms with E-state index in [0.29, 0.717) is 6.54 Å². The minimum absolute atomic E-state index is 0.712. The van der Waals surface area contributed by atoms with Gasteiger partial charge in [0.15, 0.2) is 0 Å². The van der Waals surface area contributed by atoms with E-state index in [1.54, 1.807) is 7.11 Å². The van der Waals surface area contributed by atoms with Crippen molar-refractivity contribution >= 4 is 0 Å². The van der Waals surface area contributed by atoms with Gasteiger partial charge in [-0.05, 0) is 20.4 Å². The van der Waals surface area contributed by atoms with E-state index in [1.165, 1.54) is 0 Å². The van der Waals surface area contributed by atoms with Crippen LogP contribution in [0.25, 0.3) is 0 Å². The summed E-state index contributed by atoms with van der Waals surface area (Å²) in [5.41, 5.74) is 3.17. The molecule has 0 bridgehead atoms. The predicted octanol–water partition coefficient (Wildman–Crippen LogP) is 2.06. The lowest BCUT2D eigenvalue weighted by atomic mass is 10.1. The molecule has 2 aromatic rings. The van der Waals surface area contributed by atoms with E-state index >= 15 is 0 Å². The van der Waals surface area contributed by atoms with Crippen LogP contribution in [0.1, 0.15) is 29.6 Å². The van der Waals surface area contributed by atoms with Gasteiger partial charge in [0.05, 0.1) is 25.9 Å². The van der Waals surface area contributed by atoms with Crippen LogP contribution >= 0.6 is 0 Å². The maximum absolute atomic E-state index is 5.45. The molecule has 20 heavy (non-hydrogen) atoms. The first kappa shape index (κ1) is 14.5. The molecule has 0 saturated heterocycles. The lowest BCUT2D eigenvalue weighted by Gasteiger charge is -2.14. The molecule has 0 aliphatic carbocycles. The topological polar surface area (TPSA) is 52.0 Å². The van der Waals surface area contributed by atoms with Gasteiger partial charge in [-0.3, -0.25) is 4.98 Å². The molecule has 0 aliphatic rings. The van der Waals surface area contributed by atoms with E-state index in [2.05, 4.69) is 33.7 Å². The Kier molecular flexibility index (Phi) is 4.74. The predicted molar refractivity (Wildman–Crippen MR) is 79.0 cm³/mol. The molecule has 0 aromatic carbocycles. The van der Waals surface area contributed by atoms with Gasteiger partial charge in [0.2, 0.25) is 0 Å². The first-order chi connectivity index (χ1) is 9.67. The average molecular weight is 274 g/mol. The molecule has 0 fully saturated rings. The smallest absolute Gasteiger partial charge is 0.128 e. The second-order valence-electron chi connectivity index (χ2n) is 4.80. The highest BCUT2D eigenvalue weighted by Gasteiger charge is 2.11. The van der Waals surface area contributed by atoms with E-state index in [0.717, 1.165) is 41.5 Å². The maximum atomic E-state index is 5.45. The number of aromatic nitrogens is 3. The van der Waals surface area contributed by atoms with Crippen LogP contribution in [0.3, 0.4) is 0 Å². The maximum Gasteiger partial charge on any atom is 0.128 e. The zero-order valence-corrected chi connectivity index (χ0v) is 12.6. The first-order valence-electron chi connectivity index (χ1n) is 6.87. The summed E-state index contributed by atoms with van der Waals surface area (Å²) in [6, 6.07) is 0. The minimum Gasteiger partial charge on any atom is -0.496 e. The van der Waals surface area contributed by atoms with Gasteiger partial charge < -0.3 is 14.6 Å². The summed E-state index contributed by atoms with van der Waals surface area (Å²) in [6.07, 6.45) is 5.68. The van der Waals surface area contributed by atoms with Crippen LogP contribution in [0.5, 0.6) is 5.75 Å². The number of hydrogen-bond donors (Lipinski definition) is 1. The van der Waals surface area contributed by atoms with Crippen molar-refractivity contribution in [3.63, 3.8) is 0 Å². The van der Waals surface area contributed by atoms with Gasteiger partial charge in [-0.25, -0.2) is 4.98 Å². The third-order valence-electron chi connectivity index (χ3n) is 3.40. The summed E-state index contributed by atoms with van der Waals surface area (Å²) in [4.78, 5) is 8.91. The molecule has 5 heteroatoms. The van der Waals surface area contributed by atoms with Crippen molar-refractivity contribution in [3.05, 3.63) is 41.2 Å². The minimum atomic E-state index is 0.712. The van der Waals surface area contributed by atoms with Crippen molar-refractivity contribution in [3.8, 4) is 5.75 Å². The van der Waals surface area contributed by atoms with Crippen molar-refractivity contribution in [1.82, 2.24) is 19.9 Å². The molecular formula is C15H22N4O. The van der Waals surface area contributed by atoms with Crippen LogP contribution in [0.4, 0.5) is 0 Å². The summed E-state index contributed by atoms with van der Waals surface area (Å²) in [5.74, 6) is 1.94. The first-order valence-corrected chi connectivity index (χ1v) is 6.87. The number of nitrogens with zero attached hydrogens (tertiary/aromatic N) is 3. The highest BCUT2D eigenvalue weighted by molar-refractivity contribution is 5.41. The molecule has 0 amide bonds. The Morgan fingerprint density at radius 2 is 2.10 bits per heavy atom. The number of methoxy groups -OCH3 is 1. The van der Waals surface area contributed by atoms with Gasteiger partial charge in [0, 0.05) is 29.7 Å². The number of hydrogen-bond acceptors (Lipinski definition) is 4. The Balaban J connectivity index is 2.24. The quantitative estimate of drug-likeness (QED) is 0.876. The standard InChI is InChI=1S/C15H22N4O/c1-5-16-9-14-17-6-7-19(14)10-13-12(3)15(20-4)11(2)8-18-13/h6-8,16H,5,9-10H2,1-4H3. The Bertz CT molecular complexity index is 577. The Hall–Kier alpha value is -1.88. The van der Waals surface area contributed by atoms with E-state index in [9.17, 15) is 0 Å². The molecule has 2 heterocycles. The van der Waals surface area contributed by atoms with Gasteiger partial charge in [-0.2, -0.15) is 0 Å². The Morgan fingerprint density at radius 1 is 1.30 bits per heavy atom. The summed E-state index contributed by atoms with van der Waals surface area (Å²) in [5, 5.41) is 3.29. The highest BCUT2D eigenvalue weighted by atomic mass is 16.5. The van der Waals surface area contributed by atoms with Crippen molar-refractivity contribution in [2.45, 2.75) is 33.9 Å². The second-order valence-corrected chi connectivity index (χ2v) is 4.80. The fraction of sp³-hybridized carbons (Fsp3) is 0.467. The van der Waals surface area contributed by atoms with E-state index in [4.69, 9.17) is 4.74 Å². The van der Waals surface area contributed by atoms with E-state index in [-0.39, 0.29) is 0 Å². The van der Waals surface area contributed by atoms with Gasteiger partial charge in [0.1, 0.15) is 11.6 Å². The van der Waals surface area contributed by atoms with Gasteiger partial charge in [-0.15, -0.1) is 0 Å². The molecule has 2 rings (SSSR count). The summed E-state index contributed by atoms with van der Waals surface area (Å²) in [6.45, 7) is 8.56. The number of rotatable bonds is 6. The average Bonchev–Trinajstić information content (AvgIpc) is 2.87. The van der Waals surface area contributed by atoms with Gasteiger partial charge in [-0.1, -0.05) is 6.92 Å². The van der Waals surface area contributed by atoms with Crippen LogP contribution in [-0.4, -0.2) is 28.2 Å². The van der Waals surface area contributed by atoms with Crippen LogP contribution in [0.15, 0.2) is 18.6 Å². The molecule has 0 saturated carbocycles. The number of imidazole rings is 1. The van der Waals surface area contributed by atoms with Crippen molar-refractivity contribution in [2.75, 3.05) is 13.7 Å². The molecular weight excluding hydrogens is 252 g/mol. The highest BCUT2D eigenvalue weighted by Crippen LogP contribution is 2.24. The summed E-state index contributed by atoms with van der Waals surface area (Å²) < 4.78 is 7.57. The molecule has 108 valence electrons. The van der Waals surface area contributed by atoms with Crippen molar-refractivity contribution in [2.24, 2.45) is 0 Å². The Morgan fingerprint density at radius 3 is 2.80 bits per heavy atom. The molecule has 0 aliphatic heterocycles. The Labute approximate surface area is 120 Å². The molecule has 1 N–H and O–H groups in total. The number of aryl methyl sites for hydroxylation is 1. The van der Waals surface area contributed by atoms with Crippen LogP contribution in [0.2, 0.25) is 0 Å². The number of nitrogens with one attached hydrogen (secondary N) is 1. The van der Waals surface area contributed by atoms with Crippen molar-refractivity contribution < 1.29 is 4.74 Å². The largest absolute Gasteiger partial charge is 0.496 e. The van der Waals surface area contributed by atoms with E-state index in [1.807, 2.05) is 25.5 Å². The molecule has 5 nitrogen and oxygen atoms in total. The third kappa shape index (κ3) is 2.99. The van der Waals surface area contributed by atoms with Gasteiger partial charge in [0.25, 0.3) is 0 Å². The lowest BCUT2D eigenvalue weighted by molar-refractivity contribution is 0.406. The van der Waals surface area contributed by atoms with Crippen LogP contribution < -0.4 is 10.1 Å². The fourth-order valence-electron chi connectivity index (χ4n) is 2.28. The van der Waals surface area contributed by atoms with E-state index < -0.39 is 0 Å². The lowest BCUT2D eigenvalue weighted by Crippen LogP contribution is -2.17. The fourth-order valence-corrected chi connectivity index (χ4v) is 2.28.